The zero-order valence-corrected chi connectivity index (χ0v) is 14.1. The van der Waals surface area contributed by atoms with E-state index in [4.69, 9.17) is 4.74 Å². The zero-order chi connectivity index (χ0) is 15.1. The molecule has 7 heteroatoms. The van der Waals surface area contributed by atoms with Crippen LogP contribution in [0.25, 0.3) is 0 Å². The van der Waals surface area contributed by atoms with E-state index in [1.165, 1.54) is 12.3 Å². The van der Waals surface area contributed by atoms with E-state index in [9.17, 15) is 14.7 Å². The first-order valence-electron chi connectivity index (χ1n) is 6.26. The van der Waals surface area contributed by atoms with Gasteiger partial charge >= 0.3 is 35.7 Å². The summed E-state index contributed by atoms with van der Waals surface area (Å²) in [6, 6.07) is 12.3. The predicted octanol–water partition coefficient (Wildman–Crippen LogP) is -1.87. The molecule has 1 N–H and O–H groups in total. The van der Waals surface area contributed by atoms with Crippen molar-refractivity contribution >= 4 is 17.7 Å². The minimum atomic E-state index is -1.20. The predicted molar refractivity (Wildman–Crippen MR) is 73.2 cm³/mol. The Morgan fingerprint density at radius 2 is 1.86 bits per heavy atom. The Kier molecular flexibility index (Phi) is 7.59. The molecule has 1 aromatic carbocycles. The van der Waals surface area contributed by atoms with Crippen LogP contribution in [0.1, 0.15) is 11.3 Å². The summed E-state index contributed by atoms with van der Waals surface area (Å²) in [5.41, 5.74) is 1.67. The van der Waals surface area contributed by atoms with E-state index >= 15 is 0 Å². The zero-order valence-electron chi connectivity index (χ0n) is 12.1. The second-order valence-corrected chi connectivity index (χ2v) is 4.27. The number of carbonyl (C=O) groups excluding carboxylic acids is 2. The number of benzene rings is 1. The van der Waals surface area contributed by atoms with Gasteiger partial charge in [-0.1, -0.05) is 30.3 Å². The van der Waals surface area contributed by atoms with Crippen LogP contribution in [0.15, 0.2) is 48.7 Å². The molecule has 22 heavy (non-hydrogen) atoms. The van der Waals surface area contributed by atoms with E-state index in [0.29, 0.717) is 11.4 Å². The van der Waals surface area contributed by atoms with E-state index in [2.05, 4.69) is 10.3 Å². The van der Waals surface area contributed by atoms with E-state index in [-0.39, 0.29) is 42.6 Å². The molecule has 1 heterocycles. The van der Waals surface area contributed by atoms with Gasteiger partial charge in [0, 0.05) is 18.1 Å². The van der Waals surface area contributed by atoms with Gasteiger partial charge in [0.1, 0.15) is 6.61 Å². The smallest absolute Gasteiger partial charge is 0.550 e. The van der Waals surface area contributed by atoms with E-state index in [1.54, 1.807) is 6.07 Å². The molecule has 1 aromatic heterocycles. The van der Waals surface area contributed by atoms with Crippen molar-refractivity contribution in [2.45, 2.75) is 13.0 Å². The number of hydrogen-bond donors (Lipinski definition) is 1. The van der Waals surface area contributed by atoms with Crippen molar-refractivity contribution in [1.82, 2.24) is 4.98 Å². The first kappa shape index (κ1) is 18.2. The van der Waals surface area contributed by atoms with Crippen molar-refractivity contribution < 1.29 is 49.0 Å². The van der Waals surface area contributed by atoms with Gasteiger partial charge in [0.15, 0.2) is 0 Å². The molecule has 0 radical (unpaired) electrons. The normalized spacial score (nSPS) is 9.45. The van der Waals surface area contributed by atoms with Gasteiger partial charge < -0.3 is 14.6 Å². The third-order valence-corrected chi connectivity index (χ3v) is 2.61. The van der Waals surface area contributed by atoms with Gasteiger partial charge in [0.25, 0.3) is 0 Å². The maximum absolute atomic E-state index is 11.6. The third-order valence-electron chi connectivity index (χ3n) is 2.61. The molecule has 1 amide bonds. The third kappa shape index (κ3) is 6.26. The second kappa shape index (κ2) is 9.19. The SMILES string of the molecule is O=C([O-])Cc1ccc(NC(=O)OCc2ccccc2)cn1.[Na+]. The van der Waals surface area contributed by atoms with Gasteiger partial charge in [-0.15, -0.1) is 0 Å². The van der Waals surface area contributed by atoms with Gasteiger partial charge in [0.05, 0.1) is 11.9 Å². The number of pyridine rings is 1. The standard InChI is InChI=1S/C15H14N2O4.Na/c18-14(19)8-12-6-7-13(9-16-12)17-15(20)21-10-11-4-2-1-3-5-11;/h1-7,9H,8,10H2,(H,17,20)(H,18,19);/q;+1/p-1. The van der Waals surface area contributed by atoms with Gasteiger partial charge in [-0.3, -0.25) is 10.3 Å². The van der Waals surface area contributed by atoms with E-state index in [0.717, 1.165) is 5.56 Å². The Bertz CT molecular complexity index is 617. The average molecular weight is 308 g/mol. The Labute approximate surface area is 149 Å². The number of aromatic nitrogens is 1. The fraction of sp³-hybridized carbons (Fsp3) is 0.133. The van der Waals surface area contributed by atoms with Crippen molar-refractivity contribution in [2.24, 2.45) is 0 Å². The van der Waals surface area contributed by atoms with Gasteiger partial charge in [-0.25, -0.2) is 4.79 Å². The van der Waals surface area contributed by atoms with Gasteiger partial charge in [-0.2, -0.15) is 0 Å². The number of aliphatic carboxylic acids is 1. The number of nitrogens with zero attached hydrogens (tertiary/aromatic N) is 1. The fourth-order valence-electron chi connectivity index (χ4n) is 1.63. The molecular weight excluding hydrogens is 295 g/mol. The Balaban J connectivity index is 0.00000242. The van der Waals surface area contributed by atoms with Gasteiger partial charge in [-0.05, 0) is 17.7 Å². The first-order valence-corrected chi connectivity index (χ1v) is 6.26. The molecule has 0 saturated carbocycles. The molecule has 0 aliphatic carbocycles. The van der Waals surface area contributed by atoms with Crippen LogP contribution in [-0.2, 0) is 22.6 Å². The summed E-state index contributed by atoms with van der Waals surface area (Å²) in [4.78, 5) is 25.9. The minimum absolute atomic E-state index is 0. The maximum atomic E-state index is 11.6. The summed E-state index contributed by atoms with van der Waals surface area (Å²) in [5.74, 6) is -1.20. The molecule has 6 nitrogen and oxygen atoms in total. The number of carboxylic acid groups (broad SMARTS) is 1. The van der Waals surface area contributed by atoms with Crippen molar-refractivity contribution in [3.05, 3.63) is 59.9 Å². The number of amides is 1. The van der Waals surface area contributed by atoms with Crippen LogP contribution >= 0.6 is 0 Å². The molecule has 2 aromatic rings. The quantitative estimate of drug-likeness (QED) is 0.653. The molecule has 108 valence electrons. The van der Waals surface area contributed by atoms with Crippen LogP contribution in [0.3, 0.4) is 0 Å². The number of ether oxygens (including phenoxy) is 1. The van der Waals surface area contributed by atoms with Crippen molar-refractivity contribution in [3.63, 3.8) is 0 Å². The summed E-state index contributed by atoms with van der Waals surface area (Å²) >= 11 is 0. The number of hydrogen-bond acceptors (Lipinski definition) is 5. The number of carboxylic acids is 1. The average Bonchev–Trinajstić information content (AvgIpc) is 2.48. The van der Waals surface area contributed by atoms with E-state index in [1.807, 2.05) is 30.3 Å². The van der Waals surface area contributed by atoms with Crippen LogP contribution in [0, 0.1) is 0 Å². The summed E-state index contributed by atoms with van der Waals surface area (Å²) in [6.45, 7) is 0.170. The Morgan fingerprint density at radius 1 is 1.14 bits per heavy atom. The maximum Gasteiger partial charge on any atom is 1.00 e. The van der Waals surface area contributed by atoms with Crippen LogP contribution in [0.4, 0.5) is 10.5 Å². The molecule has 2 rings (SSSR count). The van der Waals surface area contributed by atoms with Crippen molar-refractivity contribution in [2.75, 3.05) is 5.32 Å². The molecule has 0 atom stereocenters. The van der Waals surface area contributed by atoms with Crippen LogP contribution in [-0.4, -0.2) is 17.0 Å². The van der Waals surface area contributed by atoms with E-state index < -0.39 is 12.1 Å². The fourth-order valence-corrected chi connectivity index (χ4v) is 1.63. The van der Waals surface area contributed by atoms with Gasteiger partial charge in [0.2, 0.25) is 0 Å². The minimum Gasteiger partial charge on any atom is -0.550 e. The Morgan fingerprint density at radius 3 is 2.45 bits per heavy atom. The summed E-state index contributed by atoms with van der Waals surface area (Å²) in [5, 5.41) is 12.9. The number of rotatable bonds is 5. The molecule has 0 saturated heterocycles. The van der Waals surface area contributed by atoms with Crippen molar-refractivity contribution in [3.8, 4) is 0 Å². The van der Waals surface area contributed by atoms with Crippen LogP contribution in [0.2, 0.25) is 0 Å². The number of carbonyl (C=O) groups is 2. The second-order valence-electron chi connectivity index (χ2n) is 4.27. The number of anilines is 1. The Hall–Kier alpha value is -1.89. The topological polar surface area (TPSA) is 91.3 Å². The molecular formula is C15H13N2NaO4. The molecule has 0 spiro atoms. The monoisotopic (exact) mass is 308 g/mol. The van der Waals surface area contributed by atoms with Crippen molar-refractivity contribution in [1.29, 1.82) is 0 Å². The molecule has 0 bridgehead atoms. The molecule has 0 fully saturated rings. The molecule has 0 unspecified atom stereocenters. The van der Waals surface area contributed by atoms with Crippen LogP contribution < -0.4 is 40.0 Å². The first-order chi connectivity index (χ1) is 10.1. The molecule has 0 aliphatic rings. The number of nitrogens with one attached hydrogen (secondary N) is 1. The largest absolute Gasteiger partial charge is 1.00 e. The molecule has 0 aliphatic heterocycles. The summed E-state index contributed by atoms with van der Waals surface area (Å²) < 4.78 is 5.04. The van der Waals surface area contributed by atoms with Crippen LogP contribution in [0.5, 0.6) is 0 Å². The summed E-state index contributed by atoms with van der Waals surface area (Å²) in [7, 11) is 0. The summed E-state index contributed by atoms with van der Waals surface area (Å²) in [6.07, 6.45) is 0.495.